The second-order valence-electron chi connectivity index (χ2n) is 5.73. The van der Waals surface area contributed by atoms with Gasteiger partial charge in [-0.2, -0.15) is 0 Å². The molecule has 1 unspecified atom stereocenters. The fourth-order valence-corrected chi connectivity index (χ4v) is 3.94. The Morgan fingerprint density at radius 3 is 2.74 bits per heavy atom. The molecule has 0 aromatic heterocycles. The van der Waals surface area contributed by atoms with Crippen LogP contribution in [0.4, 0.5) is 0 Å². The Hall–Kier alpha value is -1.22. The number of methoxy groups -OCH3 is 2. The number of fused-ring (bicyclic) bond motifs is 1. The van der Waals surface area contributed by atoms with Crippen LogP contribution in [-0.2, 0) is 5.41 Å². The van der Waals surface area contributed by atoms with E-state index in [1.54, 1.807) is 14.2 Å². The summed E-state index contributed by atoms with van der Waals surface area (Å²) in [5.41, 5.74) is 1.73. The first-order valence-corrected chi connectivity index (χ1v) is 7.26. The van der Waals surface area contributed by atoms with Crippen LogP contribution in [-0.4, -0.2) is 26.8 Å². The Bertz CT molecular complexity index is 460. The summed E-state index contributed by atoms with van der Waals surface area (Å²) in [5.74, 6) is 1.67. The molecule has 0 spiro atoms. The third-order valence-corrected chi connectivity index (χ3v) is 4.95. The summed E-state index contributed by atoms with van der Waals surface area (Å²) in [4.78, 5) is 0. The molecule has 0 radical (unpaired) electrons. The second-order valence-corrected chi connectivity index (χ2v) is 5.73. The number of hydrogen-bond acceptors (Lipinski definition) is 3. The molecule has 1 saturated heterocycles. The van der Waals surface area contributed by atoms with Gasteiger partial charge in [-0.1, -0.05) is 18.9 Å². The van der Waals surface area contributed by atoms with Crippen LogP contribution < -0.4 is 14.8 Å². The molecule has 0 bridgehead atoms. The molecular weight excluding hydrogens is 238 g/mol. The number of benzene rings is 1. The van der Waals surface area contributed by atoms with Crippen LogP contribution in [0.25, 0.3) is 0 Å². The Balaban J connectivity index is 2.00. The van der Waals surface area contributed by atoms with Gasteiger partial charge >= 0.3 is 0 Å². The zero-order valence-electron chi connectivity index (χ0n) is 11.9. The smallest absolute Gasteiger partial charge is 0.161 e. The zero-order valence-corrected chi connectivity index (χ0v) is 11.9. The average molecular weight is 261 g/mol. The molecule has 2 aliphatic rings. The van der Waals surface area contributed by atoms with Gasteiger partial charge in [-0.3, -0.25) is 0 Å². The van der Waals surface area contributed by atoms with Gasteiger partial charge in [0.25, 0.3) is 0 Å². The van der Waals surface area contributed by atoms with Crippen molar-refractivity contribution in [2.24, 2.45) is 0 Å². The van der Waals surface area contributed by atoms with Crippen LogP contribution in [0.1, 0.15) is 37.7 Å². The van der Waals surface area contributed by atoms with Crippen molar-refractivity contribution in [3.05, 3.63) is 23.8 Å². The fourth-order valence-electron chi connectivity index (χ4n) is 3.94. The van der Waals surface area contributed by atoms with Gasteiger partial charge in [0.2, 0.25) is 0 Å². The molecule has 3 heteroatoms. The van der Waals surface area contributed by atoms with Gasteiger partial charge in [0.15, 0.2) is 11.5 Å². The van der Waals surface area contributed by atoms with Crippen molar-refractivity contribution in [1.29, 1.82) is 0 Å². The molecule has 2 fully saturated rings. The summed E-state index contributed by atoms with van der Waals surface area (Å²) >= 11 is 0. The SMILES string of the molecule is COc1ccc([C@]23CCCCC2NCC3)cc1OC. The highest BCUT2D eigenvalue weighted by Crippen LogP contribution is 2.46. The molecule has 104 valence electrons. The Kier molecular flexibility index (Phi) is 3.40. The number of nitrogens with one attached hydrogen (secondary N) is 1. The lowest BCUT2D eigenvalue weighted by Crippen LogP contribution is -2.42. The van der Waals surface area contributed by atoms with E-state index in [2.05, 4.69) is 17.4 Å². The maximum absolute atomic E-state index is 5.47. The second kappa shape index (κ2) is 5.04. The highest BCUT2D eigenvalue weighted by Gasteiger charge is 2.45. The number of rotatable bonds is 3. The summed E-state index contributed by atoms with van der Waals surface area (Å²) in [6.07, 6.45) is 6.53. The van der Waals surface area contributed by atoms with Gasteiger partial charge in [-0.15, -0.1) is 0 Å². The van der Waals surface area contributed by atoms with Crippen molar-refractivity contribution in [2.45, 2.75) is 43.6 Å². The van der Waals surface area contributed by atoms with Gasteiger partial charge in [-0.25, -0.2) is 0 Å². The third-order valence-electron chi connectivity index (χ3n) is 4.95. The summed E-state index contributed by atoms with van der Waals surface area (Å²) in [6, 6.07) is 7.10. The van der Waals surface area contributed by atoms with E-state index in [0.717, 1.165) is 18.0 Å². The molecule has 1 N–H and O–H groups in total. The minimum atomic E-state index is 0.317. The van der Waals surface area contributed by atoms with E-state index in [1.165, 1.54) is 37.7 Å². The van der Waals surface area contributed by atoms with Gasteiger partial charge in [0, 0.05) is 11.5 Å². The van der Waals surface area contributed by atoms with Crippen LogP contribution in [0.3, 0.4) is 0 Å². The zero-order chi connectivity index (χ0) is 13.3. The first-order valence-electron chi connectivity index (χ1n) is 7.26. The third kappa shape index (κ3) is 2.00. The standard InChI is InChI=1S/C16H23NO2/c1-18-13-7-6-12(11-14(13)19-2)16-8-4-3-5-15(16)17-10-9-16/h6-7,11,15,17H,3-5,8-10H2,1-2H3/t15?,16-/m1/s1. The number of ether oxygens (including phenoxy) is 2. The lowest BCUT2D eigenvalue weighted by molar-refractivity contribution is 0.265. The van der Waals surface area contributed by atoms with Gasteiger partial charge in [-0.05, 0) is 43.5 Å². The largest absolute Gasteiger partial charge is 0.493 e. The summed E-state index contributed by atoms with van der Waals surface area (Å²) in [7, 11) is 3.40. The van der Waals surface area contributed by atoms with Crippen LogP contribution in [0.5, 0.6) is 11.5 Å². The van der Waals surface area contributed by atoms with Crippen molar-refractivity contribution < 1.29 is 9.47 Å². The molecule has 19 heavy (non-hydrogen) atoms. The predicted molar refractivity (Wildman–Crippen MR) is 76.1 cm³/mol. The fraction of sp³-hybridized carbons (Fsp3) is 0.625. The Labute approximate surface area is 115 Å². The molecule has 1 heterocycles. The molecule has 2 atom stereocenters. The van der Waals surface area contributed by atoms with E-state index < -0.39 is 0 Å². The lowest BCUT2D eigenvalue weighted by atomic mass is 9.66. The van der Waals surface area contributed by atoms with Gasteiger partial charge in [0.1, 0.15) is 0 Å². The Morgan fingerprint density at radius 1 is 1.11 bits per heavy atom. The van der Waals surface area contributed by atoms with Crippen molar-refractivity contribution in [3.63, 3.8) is 0 Å². The molecule has 1 aromatic rings. The minimum absolute atomic E-state index is 0.317. The average Bonchev–Trinajstić information content (AvgIpc) is 2.91. The molecule has 3 rings (SSSR count). The molecule has 1 aliphatic carbocycles. The van der Waals surface area contributed by atoms with Crippen molar-refractivity contribution >= 4 is 0 Å². The van der Waals surface area contributed by atoms with Gasteiger partial charge in [0.05, 0.1) is 14.2 Å². The van der Waals surface area contributed by atoms with Crippen molar-refractivity contribution in [3.8, 4) is 11.5 Å². The van der Waals surface area contributed by atoms with E-state index in [1.807, 2.05) is 6.07 Å². The highest BCUT2D eigenvalue weighted by molar-refractivity contribution is 5.46. The van der Waals surface area contributed by atoms with Crippen molar-refractivity contribution in [1.82, 2.24) is 5.32 Å². The summed E-state index contributed by atoms with van der Waals surface area (Å²) in [5, 5.41) is 3.69. The molecule has 0 amide bonds. The maximum atomic E-state index is 5.47. The van der Waals surface area contributed by atoms with Crippen LogP contribution in [0.2, 0.25) is 0 Å². The maximum Gasteiger partial charge on any atom is 0.161 e. The lowest BCUT2D eigenvalue weighted by Gasteiger charge is -2.39. The van der Waals surface area contributed by atoms with Crippen LogP contribution in [0.15, 0.2) is 18.2 Å². The molecule has 1 aromatic carbocycles. The van der Waals surface area contributed by atoms with E-state index >= 15 is 0 Å². The van der Waals surface area contributed by atoms with E-state index in [0.29, 0.717) is 11.5 Å². The first-order chi connectivity index (χ1) is 9.30. The molecule has 1 saturated carbocycles. The molecular formula is C16H23NO2. The van der Waals surface area contributed by atoms with Gasteiger partial charge < -0.3 is 14.8 Å². The minimum Gasteiger partial charge on any atom is -0.493 e. The van der Waals surface area contributed by atoms with E-state index in [-0.39, 0.29) is 0 Å². The van der Waals surface area contributed by atoms with Crippen molar-refractivity contribution in [2.75, 3.05) is 20.8 Å². The number of hydrogen-bond donors (Lipinski definition) is 1. The van der Waals surface area contributed by atoms with Crippen LogP contribution in [0, 0.1) is 0 Å². The molecule has 1 aliphatic heterocycles. The predicted octanol–water partition coefficient (Wildman–Crippen LogP) is 2.88. The Morgan fingerprint density at radius 2 is 1.95 bits per heavy atom. The quantitative estimate of drug-likeness (QED) is 0.907. The van der Waals surface area contributed by atoms with Crippen LogP contribution >= 0.6 is 0 Å². The summed E-state index contributed by atoms with van der Waals surface area (Å²) < 4.78 is 10.8. The first kappa shape index (κ1) is 12.8. The monoisotopic (exact) mass is 261 g/mol. The summed E-state index contributed by atoms with van der Waals surface area (Å²) in [6.45, 7) is 1.14. The van der Waals surface area contributed by atoms with E-state index in [4.69, 9.17) is 9.47 Å². The van der Waals surface area contributed by atoms with E-state index in [9.17, 15) is 0 Å². The topological polar surface area (TPSA) is 30.5 Å². The highest BCUT2D eigenvalue weighted by atomic mass is 16.5. The molecule has 3 nitrogen and oxygen atoms in total. The normalized spacial score (nSPS) is 29.9.